The van der Waals surface area contributed by atoms with Crippen LogP contribution in [-0.2, 0) is 16.1 Å². The number of carbonyl (C=O) groups excluding carboxylic acids is 3. The highest BCUT2D eigenvalue weighted by Crippen LogP contribution is 2.28. The molecule has 3 rings (SSSR count). The van der Waals surface area contributed by atoms with E-state index >= 15 is 0 Å². The van der Waals surface area contributed by atoms with Crippen LogP contribution >= 0.6 is 0 Å². The molecule has 0 spiro atoms. The lowest BCUT2D eigenvalue weighted by molar-refractivity contribution is -0.121. The van der Waals surface area contributed by atoms with Crippen molar-refractivity contribution in [1.82, 2.24) is 5.32 Å². The number of imide groups is 1. The van der Waals surface area contributed by atoms with E-state index in [1.165, 1.54) is 11.2 Å². The smallest absolute Gasteiger partial charge is 0.319 e. The molecule has 0 aliphatic carbocycles. The van der Waals surface area contributed by atoms with E-state index in [4.69, 9.17) is 4.42 Å². The van der Waals surface area contributed by atoms with Crippen LogP contribution in [0.3, 0.4) is 0 Å². The van der Waals surface area contributed by atoms with Gasteiger partial charge in [0.15, 0.2) is 0 Å². The van der Waals surface area contributed by atoms with Crippen LogP contribution in [0, 0.1) is 6.92 Å². The minimum atomic E-state index is -0.403. The molecular weight excluding hydrogens is 310 g/mol. The van der Waals surface area contributed by atoms with Crippen molar-refractivity contribution >= 4 is 29.2 Å². The van der Waals surface area contributed by atoms with Gasteiger partial charge in [0, 0.05) is 18.5 Å². The summed E-state index contributed by atoms with van der Waals surface area (Å²) in [5.74, 6) is 0.202. The zero-order valence-electron chi connectivity index (χ0n) is 13.2. The van der Waals surface area contributed by atoms with E-state index in [-0.39, 0.29) is 31.2 Å². The molecule has 1 aromatic carbocycles. The van der Waals surface area contributed by atoms with Crippen molar-refractivity contribution in [3.8, 4) is 0 Å². The van der Waals surface area contributed by atoms with Crippen LogP contribution in [0.5, 0.6) is 0 Å². The summed E-state index contributed by atoms with van der Waals surface area (Å²) in [7, 11) is 0. The number of nitrogens with one attached hydrogen (secondary N) is 2. The summed E-state index contributed by atoms with van der Waals surface area (Å²) in [5, 5.41) is 5.35. The number of benzene rings is 1. The Morgan fingerprint density at radius 1 is 1.21 bits per heavy atom. The lowest BCUT2D eigenvalue weighted by Crippen LogP contribution is -2.30. The summed E-state index contributed by atoms with van der Waals surface area (Å²) < 4.78 is 5.14. The molecule has 2 heterocycles. The van der Waals surface area contributed by atoms with E-state index in [0.29, 0.717) is 17.1 Å². The van der Waals surface area contributed by atoms with Crippen molar-refractivity contribution in [2.45, 2.75) is 26.3 Å². The van der Waals surface area contributed by atoms with Gasteiger partial charge in [-0.25, -0.2) is 4.79 Å². The fourth-order valence-corrected chi connectivity index (χ4v) is 2.53. The van der Waals surface area contributed by atoms with Crippen LogP contribution in [0.15, 0.2) is 41.0 Å². The lowest BCUT2D eigenvalue weighted by Gasteiger charge is -2.18. The Bertz CT molecular complexity index is 767. The molecule has 0 radical (unpaired) electrons. The molecule has 7 heteroatoms. The van der Waals surface area contributed by atoms with Crippen LogP contribution in [0.2, 0.25) is 0 Å². The molecule has 1 aromatic heterocycles. The standard InChI is InChI=1S/C17H17N3O4/c1-11-4-5-12(9-14(11)20-15(21)6-7-16(20)22)19-17(23)18-10-13-3-2-8-24-13/h2-5,8-9H,6-7,10H2,1H3,(H2,18,19,23). The molecule has 0 saturated carbocycles. The minimum Gasteiger partial charge on any atom is -0.467 e. The SMILES string of the molecule is Cc1ccc(NC(=O)NCc2ccco2)cc1N1C(=O)CCC1=O. The Labute approximate surface area is 138 Å². The van der Waals surface area contributed by atoms with Gasteiger partial charge < -0.3 is 15.1 Å². The summed E-state index contributed by atoms with van der Waals surface area (Å²) in [6.07, 6.45) is 1.98. The van der Waals surface area contributed by atoms with E-state index in [0.717, 1.165) is 5.56 Å². The number of aryl methyl sites for hydroxylation is 1. The van der Waals surface area contributed by atoms with E-state index in [1.54, 1.807) is 30.3 Å². The highest BCUT2D eigenvalue weighted by Gasteiger charge is 2.31. The summed E-state index contributed by atoms with van der Waals surface area (Å²) in [6, 6.07) is 8.20. The number of hydrogen-bond donors (Lipinski definition) is 2. The number of rotatable bonds is 4. The number of carbonyl (C=O) groups is 3. The van der Waals surface area contributed by atoms with Gasteiger partial charge in [-0.2, -0.15) is 0 Å². The second-order valence-electron chi connectivity index (χ2n) is 5.51. The van der Waals surface area contributed by atoms with Crippen molar-refractivity contribution in [2.24, 2.45) is 0 Å². The highest BCUT2D eigenvalue weighted by molar-refractivity contribution is 6.20. The molecule has 24 heavy (non-hydrogen) atoms. The van der Waals surface area contributed by atoms with Crippen LogP contribution in [0.1, 0.15) is 24.2 Å². The van der Waals surface area contributed by atoms with Crippen molar-refractivity contribution in [3.63, 3.8) is 0 Å². The first-order valence-electron chi connectivity index (χ1n) is 7.58. The average molecular weight is 327 g/mol. The second-order valence-corrected chi connectivity index (χ2v) is 5.51. The molecule has 2 aromatic rings. The van der Waals surface area contributed by atoms with Crippen LogP contribution in [0.4, 0.5) is 16.2 Å². The summed E-state index contributed by atoms with van der Waals surface area (Å²) >= 11 is 0. The monoisotopic (exact) mass is 327 g/mol. The summed E-state index contributed by atoms with van der Waals surface area (Å²) in [4.78, 5) is 36.9. The molecule has 124 valence electrons. The van der Waals surface area contributed by atoms with Crippen LogP contribution in [-0.4, -0.2) is 17.8 Å². The molecule has 1 aliphatic heterocycles. The first kappa shape index (κ1) is 15.8. The number of amides is 4. The minimum absolute atomic E-state index is 0.220. The Morgan fingerprint density at radius 3 is 2.62 bits per heavy atom. The maximum absolute atomic E-state index is 11.9. The molecule has 0 atom stereocenters. The third-order valence-corrected chi connectivity index (χ3v) is 3.76. The Kier molecular flexibility index (Phi) is 4.33. The zero-order chi connectivity index (χ0) is 17.1. The van der Waals surface area contributed by atoms with Gasteiger partial charge in [0.25, 0.3) is 0 Å². The van der Waals surface area contributed by atoms with Crippen molar-refractivity contribution in [2.75, 3.05) is 10.2 Å². The Morgan fingerprint density at radius 2 is 1.96 bits per heavy atom. The molecule has 4 amide bonds. The normalized spacial score (nSPS) is 14.1. The average Bonchev–Trinajstić information content (AvgIpc) is 3.18. The molecule has 1 aliphatic rings. The molecular formula is C17H17N3O4. The Balaban J connectivity index is 1.70. The fourth-order valence-electron chi connectivity index (χ4n) is 2.53. The van der Waals surface area contributed by atoms with E-state index in [2.05, 4.69) is 10.6 Å². The van der Waals surface area contributed by atoms with Crippen LogP contribution in [0.25, 0.3) is 0 Å². The predicted octanol–water partition coefficient (Wildman–Crippen LogP) is 2.56. The zero-order valence-corrected chi connectivity index (χ0v) is 13.2. The van der Waals surface area contributed by atoms with Gasteiger partial charge in [-0.1, -0.05) is 6.07 Å². The van der Waals surface area contributed by atoms with Crippen molar-refractivity contribution in [1.29, 1.82) is 0 Å². The van der Waals surface area contributed by atoms with Gasteiger partial charge in [-0.05, 0) is 36.8 Å². The largest absolute Gasteiger partial charge is 0.467 e. The first-order valence-corrected chi connectivity index (χ1v) is 7.58. The molecule has 1 saturated heterocycles. The summed E-state index contributed by atoms with van der Waals surface area (Å²) in [5.41, 5.74) is 1.80. The van der Waals surface area contributed by atoms with Gasteiger partial charge in [0.1, 0.15) is 5.76 Å². The van der Waals surface area contributed by atoms with E-state index in [9.17, 15) is 14.4 Å². The highest BCUT2D eigenvalue weighted by atomic mass is 16.3. The van der Waals surface area contributed by atoms with E-state index < -0.39 is 6.03 Å². The summed E-state index contributed by atoms with van der Waals surface area (Å²) in [6.45, 7) is 2.08. The Hall–Kier alpha value is -3.09. The van der Waals surface area contributed by atoms with Gasteiger partial charge in [-0.3, -0.25) is 14.5 Å². The molecule has 0 unspecified atom stereocenters. The van der Waals surface area contributed by atoms with Crippen LogP contribution < -0.4 is 15.5 Å². The second kappa shape index (κ2) is 6.57. The van der Waals surface area contributed by atoms with Gasteiger partial charge in [0.2, 0.25) is 11.8 Å². The van der Waals surface area contributed by atoms with Gasteiger partial charge >= 0.3 is 6.03 Å². The maximum atomic E-state index is 11.9. The van der Waals surface area contributed by atoms with Crippen molar-refractivity contribution < 1.29 is 18.8 Å². The third-order valence-electron chi connectivity index (χ3n) is 3.76. The first-order chi connectivity index (χ1) is 11.5. The maximum Gasteiger partial charge on any atom is 0.319 e. The van der Waals surface area contributed by atoms with Crippen molar-refractivity contribution in [3.05, 3.63) is 47.9 Å². The number of hydrogen-bond acceptors (Lipinski definition) is 4. The number of furan rings is 1. The van der Waals surface area contributed by atoms with Gasteiger partial charge in [0.05, 0.1) is 18.5 Å². The molecule has 0 bridgehead atoms. The molecule has 7 nitrogen and oxygen atoms in total. The van der Waals surface area contributed by atoms with Gasteiger partial charge in [-0.15, -0.1) is 0 Å². The number of anilines is 2. The fraction of sp³-hybridized carbons (Fsp3) is 0.235. The third kappa shape index (κ3) is 3.29. The van der Waals surface area contributed by atoms with E-state index in [1.807, 2.05) is 6.92 Å². The molecule has 2 N–H and O–H groups in total. The lowest BCUT2D eigenvalue weighted by atomic mass is 10.1. The molecule has 1 fully saturated rings. The topological polar surface area (TPSA) is 91.7 Å². The number of nitrogens with zero attached hydrogens (tertiary/aromatic N) is 1. The predicted molar refractivity (Wildman–Crippen MR) is 87.5 cm³/mol. The quantitative estimate of drug-likeness (QED) is 0.844. The number of urea groups is 1.